The lowest BCUT2D eigenvalue weighted by molar-refractivity contribution is 0.0939. The lowest BCUT2D eigenvalue weighted by atomic mass is 10.1. The van der Waals surface area contributed by atoms with Gasteiger partial charge in [0.15, 0.2) is 23.0 Å². The molecule has 0 aromatic heterocycles. The van der Waals surface area contributed by atoms with E-state index in [1.807, 2.05) is 45.9 Å². The van der Waals surface area contributed by atoms with Gasteiger partial charge in [0, 0.05) is 5.56 Å². The molecule has 2 rings (SSSR count). The van der Waals surface area contributed by atoms with Gasteiger partial charge in [0.1, 0.15) is 0 Å². The molecule has 1 N–H and O–H groups in total. The Bertz CT molecular complexity index is 840. The second-order valence-electron chi connectivity index (χ2n) is 6.19. The number of methoxy groups -OCH3 is 1. The topological polar surface area (TPSA) is 66.0 Å². The number of rotatable bonds is 10. The molecule has 1 atom stereocenters. The lowest BCUT2D eigenvalue weighted by Crippen LogP contribution is -2.26. The van der Waals surface area contributed by atoms with Gasteiger partial charge in [-0.25, -0.2) is 0 Å². The summed E-state index contributed by atoms with van der Waals surface area (Å²) in [5, 5.41) is 3.30. The molecule has 1 amide bonds. The Morgan fingerprint density at radius 3 is 2.24 bits per heavy atom. The molecule has 0 radical (unpaired) electrons. The van der Waals surface area contributed by atoms with Crippen LogP contribution in [0.25, 0.3) is 0 Å². The highest BCUT2D eigenvalue weighted by molar-refractivity contribution is 6.32. The Labute approximate surface area is 177 Å². The van der Waals surface area contributed by atoms with E-state index < -0.39 is 0 Å². The highest BCUT2D eigenvalue weighted by Gasteiger charge is 2.18. The van der Waals surface area contributed by atoms with Crippen LogP contribution in [0.5, 0.6) is 23.0 Å². The first-order chi connectivity index (χ1) is 13.9. The van der Waals surface area contributed by atoms with Crippen molar-refractivity contribution < 1.29 is 23.7 Å². The van der Waals surface area contributed by atoms with Crippen molar-refractivity contribution in [1.82, 2.24) is 5.32 Å². The fourth-order valence-electron chi connectivity index (χ4n) is 2.84. The van der Waals surface area contributed by atoms with Crippen LogP contribution in [0.1, 0.15) is 49.7 Å². The van der Waals surface area contributed by atoms with Crippen LogP contribution in [0.2, 0.25) is 5.02 Å². The van der Waals surface area contributed by atoms with E-state index in [2.05, 4.69) is 5.32 Å². The van der Waals surface area contributed by atoms with Crippen molar-refractivity contribution in [2.45, 2.75) is 33.7 Å². The van der Waals surface area contributed by atoms with Crippen molar-refractivity contribution in [3.05, 3.63) is 46.5 Å². The molecule has 0 aliphatic carbocycles. The molecule has 29 heavy (non-hydrogen) atoms. The van der Waals surface area contributed by atoms with Crippen LogP contribution in [0.4, 0.5) is 0 Å². The summed E-state index contributed by atoms with van der Waals surface area (Å²) in [5.41, 5.74) is 1.28. The summed E-state index contributed by atoms with van der Waals surface area (Å²) in [7, 11) is 1.51. The second kappa shape index (κ2) is 10.8. The van der Waals surface area contributed by atoms with Gasteiger partial charge < -0.3 is 24.3 Å². The third kappa shape index (κ3) is 5.70. The SMILES string of the molecule is CCOc1ccc(C(C)NC(=O)c2cc(Cl)c(OCC)c(OC)c2)cc1OCC. The van der Waals surface area contributed by atoms with Gasteiger partial charge in [0.05, 0.1) is 38.0 Å². The zero-order valence-electron chi connectivity index (χ0n) is 17.5. The Morgan fingerprint density at radius 1 is 0.966 bits per heavy atom. The molecule has 158 valence electrons. The zero-order chi connectivity index (χ0) is 21.4. The molecule has 0 aliphatic rings. The van der Waals surface area contributed by atoms with Crippen molar-refractivity contribution in [1.29, 1.82) is 0 Å². The zero-order valence-corrected chi connectivity index (χ0v) is 18.3. The minimum atomic E-state index is -0.271. The number of benzene rings is 2. The second-order valence-corrected chi connectivity index (χ2v) is 6.60. The molecule has 2 aromatic carbocycles. The molecule has 1 unspecified atom stereocenters. The van der Waals surface area contributed by atoms with Crippen LogP contribution in [0.3, 0.4) is 0 Å². The summed E-state index contributed by atoms with van der Waals surface area (Å²) >= 11 is 6.28. The summed E-state index contributed by atoms with van der Waals surface area (Å²) in [6, 6.07) is 8.57. The van der Waals surface area contributed by atoms with Crippen LogP contribution in [0, 0.1) is 0 Å². The van der Waals surface area contributed by atoms with Gasteiger partial charge in [-0.15, -0.1) is 0 Å². The number of carbonyl (C=O) groups excluding carboxylic acids is 1. The summed E-state index contributed by atoms with van der Waals surface area (Å²) in [4.78, 5) is 12.8. The molecular formula is C22H28ClNO5. The summed E-state index contributed by atoms with van der Waals surface area (Å²) in [6.45, 7) is 9.10. The maximum atomic E-state index is 12.8. The van der Waals surface area contributed by atoms with E-state index in [9.17, 15) is 4.79 Å². The van der Waals surface area contributed by atoms with Gasteiger partial charge in [-0.1, -0.05) is 17.7 Å². The fourth-order valence-corrected chi connectivity index (χ4v) is 3.10. The number of hydrogen-bond donors (Lipinski definition) is 1. The molecule has 7 heteroatoms. The van der Waals surface area contributed by atoms with Gasteiger partial charge in [0.2, 0.25) is 0 Å². The molecule has 0 saturated carbocycles. The van der Waals surface area contributed by atoms with Crippen LogP contribution < -0.4 is 24.3 Å². The van der Waals surface area contributed by atoms with Gasteiger partial charge in [-0.05, 0) is 57.5 Å². The number of halogens is 1. The number of carbonyl (C=O) groups is 1. The highest BCUT2D eigenvalue weighted by atomic mass is 35.5. The minimum absolute atomic E-state index is 0.256. The van der Waals surface area contributed by atoms with Crippen LogP contribution in [0.15, 0.2) is 30.3 Å². The maximum Gasteiger partial charge on any atom is 0.251 e. The number of ether oxygens (including phenoxy) is 4. The Kier molecular flexibility index (Phi) is 8.46. The monoisotopic (exact) mass is 421 g/mol. The van der Waals surface area contributed by atoms with Crippen molar-refractivity contribution in [2.24, 2.45) is 0 Å². The molecule has 0 bridgehead atoms. The largest absolute Gasteiger partial charge is 0.493 e. The van der Waals surface area contributed by atoms with Gasteiger partial charge in [0.25, 0.3) is 5.91 Å². The molecule has 0 heterocycles. The average Bonchev–Trinajstić information content (AvgIpc) is 2.70. The van der Waals surface area contributed by atoms with E-state index in [-0.39, 0.29) is 11.9 Å². The van der Waals surface area contributed by atoms with Crippen molar-refractivity contribution in [3.8, 4) is 23.0 Å². The first kappa shape index (κ1) is 22.7. The van der Waals surface area contributed by atoms with Gasteiger partial charge in [-0.3, -0.25) is 4.79 Å². The third-order valence-corrected chi connectivity index (χ3v) is 4.48. The molecule has 0 aliphatic heterocycles. The van der Waals surface area contributed by atoms with E-state index in [0.717, 1.165) is 5.56 Å². The minimum Gasteiger partial charge on any atom is -0.493 e. The summed E-state index contributed by atoms with van der Waals surface area (Å²) in [6.07, 6.45) is 0. The van der Waals surface area contributed by atoms with Crippen LogP contribution in [-0.2, 0) is 0 Å². The molecule has 6 nitrogen and oxygen atoms in total. The Morgan fingerprint density at radius 2 is 1.62 bits per heavy atom. The molecular weight excluding hydrogens is 394 g/mol. The van der Waals surface area contributed by atoms with Crippen LogP contribution in [-0.4, -0.2) is 32.8 Å². The van der Waals surface area contributed by atoms with Crippen molar-refractivity contribution >= 4 is 17.5 Å². The molecule has 2 aromatic rings. The van der Waals surface area contributed by atoms with Crippen molar-refractivity contribution in [3.63, 3.8) is 0 Å². The Hall–Kier alpha value is -2.60. The highest BCUT2D eigenvalue weighted by Crippen LogP contribution is 2.36. The molecule has 0 fully saturated rings. The lowest BCUT2D eigenvalue weighted by Gasteiger charge is -2.18. The van der Waals surface area contributed by atoms with E-state index in [4.69, 9.17) is 30.5 Å². The smallest absolute Gasteiger partial charge is 0.251 e. The third-order valence-electron chi connectivity index (χ3n) is 4.20. The van der Waals surface area contributed by atoms with E-state index in [1.54, 1.807) is 12.1 Å². The normalized spacial score (nSPS) is 11.5. The Balaban J connectivity index is 2.22. The number of hydrogen-bond acceptors (Lipinski definition) is 5. The molecule has 0 spiro atoms. The predicted octanol–water partition coefficient (Wildman–Crippen LogP) is 5.04. The van der Waals surface area contributed by atoms with Crippen molar-refractivity contribution in [2.75, 3.05) is 26.9 Å². The molecule has 0 saturated heterocycles. The van der Waals surface area contributed by atoms with Gasteiger partial charge >= 0.3 is 0 Å². The van der Waals surface area contributed by atoms with E-state index in [0.29, 0.717) is 53.4 Å². The van der Waals surface area contributed by atoms with E-state index in [1.165, 1.54) is 7.11 Å². The summed E-state index contributed by atoms with van der Waals surface area (Å²) in [5.74, 6) is 1.90. The first-order valence-corrected chi connectivity index (χ1v) is 10.0. The number of nitrogens with one attached hydrogen (secondary N) is 1. The summed E-state index contributed by atoms with van der Waals surface area (Å²) < 4.78 is 22.1. The maximum absolute atomic E-state index is 12.8. The quantitative estimate of drug-likeness (QED) is 0.582. The van der Waals surface area contributed by atoms with Gasteiger partial charge in [-0.2, -0.15) is 0 Å². The van der Waals surface area contributed by atoms with Crippen LogP contribution >= 0.6 is 11.6 Å². The number of amides is 1. The fraction of sp³-hybridized carbons (Fsp3) is 0.409. The first-order valence-electron chi connectivity index (χ1n) is 9.65. The van der Waals surface area contributed by atoms with E-state index >= 15 is 0 Å². The predicted molar refractivity (Wildman–Crippen MR) is 114 cm³/mol. The average molecular weight is 422 g/mol. The standard InChI is InChI=1S/C22H28ClNO5/c1-6-27-18-10-9-15(12-19(18)28-7-2)14(4)24-22(25)16-11-17(23)21(29-8-3)20(13-16)26-5/h9-14H,6-8H2,1-5H3,(H,24,25).